The van der Waals surface area contributed by atoms with Gasteiger partial charge in [-0.25, -0.2) is 0 Å². The first kappa shape index (κ1) is 17.2. The molecule has 0 aromatic carbocycles. The summed E-state index contributed by atoms with van der Waals surface area (Å²) in [5.74, 6) is 0.858. The first-order valence-corrected chi connectivity index (χ1v) is 7.95. The van der Waals surface area contributed by atoms with Crippen LogP contribution in [0.3, 0.4) is 0 Å². The number of carbonyl (C=O) groups excluding carboxylic acids is 2. The van der Waals surface area contributed by atoms with Crippen molar-refractivity contribution in [3.63, 3.8) is 0 Å². The van der Waals surface area contributed by atoms with Crippen LogP contribution in [0.15, 0.2) is 23.2 Å². The van der Waals surface area contributed by atoms with Gasteiger partial charge in [0.15, 0.2) is 11.5 Å². The van der Waals surface area contributed by atoms with Crippen molar-refractivity contribution in [2.45, 2.75) is 40.2 Å². The summed E-state index contributed by atoms with van der Waals surface area (Å²) in [7, 11) is 0. The van der Waals surface area contributed by atoms with Gasteiger partial charge in [0.2, 0.25) is 5.91 Å². The van der Waals surface area contributed by atoms with E-state index in [-0.39, 0.29) is 24.1 Å². The van der Waals surface area contributed by atoms with Gasteiger partial charge in [0.1, 0.15) is 0 Å². The van der Waals surface area contributed by atoms with Crippen molar-refractivity contribution in [1.82, 2.24) is 15.4 Å². The van der Waals surface area contributed by atoms with Crippen LogP contribution < -0.4 is 5.32 Å². The smallest absolute Gasteiger partial charge is 0.273 e. The summed E-state index contributed by atoms with van der Waals surface area (Å²) in [5, 5.41) is 6.64. The number of nitrogens with zero attached hydrogens (tertiary/aromatic N) is 2. The molecule has 0 aliphatic heterocycles. The Morgan fingerprint density at radius 1 is 1.48 bits per heavy atom. The Bertz CT molecular complexity index is 582. The fourth-order valence-corrected chi connectivity index (χ4v) is 2.18. The molecule has 126 valence electrons. The lowest BCUT2D eigenvalue weighted by Crippen LogP contribution is -2.39. The number of carbonyl (C=O) groups is 2. The van der Waals surface area contributed by atoms with E-state index in [9.17, 15) is 9.59 Å². The molecule has 2 rings (SSSR count). The Morgan fingerprint density at radius 3 is 2.74 bits per heavy atom. The highest BCUT2D eigenvalue weighted by atomic mass is 16.5. The summed E-state index contributed by atoms with van der Waals surface area (Å²) < 4.78 is 5.21. The van der Waals surface area contributed by atoms with Crippen LogP contribution in [0.1, 0.15) is 49.9 Å². The first-order valence-electron chi connectivity index (χ1n) is 7.95. The van der Waals surface area contributed by atoms with Gasteiger partial charge in [0.05, 0.1) is 6.54 Å². The molecule has 2 amide bonds. The molecule has 0 unspecified atom stereocenters. The third kappa shape index (κ3) is 4.94. The van der Waals surface area contributed by atoms with Crippen LogP contribution in [0.2, 0.25) is 0 Å². The molecular formula is C17H25N3O3. The Kier molecular flexibility index (Phi) is 5.23. The highest BCUT2D eigenvalue weighted by Crippen LogP contribution is 2.27. The Hall–Kier alpha value is -2.11. The van der Waals surface area contributed by atoms with Crippen molar-refractivity contribution < 1.29 is 14.1 Å². The standard InChI is InChI=1S/C17H25N3O3/c1-5-8-20(16(22)17(2,3)4)11-13-9-14(19-23-13)15(21)18-10-12-6-7-12/h5,9,12H,1,6-8,10-11H2,2-4H3,(H,18,21). The minimum atomic E-state index is -0.493. The lowest BCUT2D eigenvalue weighted by atomic mass is 9.94. The van der Waals surface area contributed by atoms with Crippen LogP contribution in [0.25, 0.3) is 0 Å². The highest BCUT2D eigenvalue weighted by Gasteiger charge is 2.28. The average molecular weight is 319 g/mol. The number of nitrogens with one attached hydrogen (secondary N) is 1. The zero-order valence-corrected chi connectivity index (χ0v) is 14.1. The van der Waals surface area contributed by atoms with Crippen LogP contribution >= 0.6 is 0 Å². The number of amides is 2. The molecule has 0 atom stereocenters. The number of rotatable bonds is 7. The molecule has 0 bridgehead atoms. The van der Waals surface area contributed by atoms with E-state index in [1.165, 1.54) is 12.8 Å². The van der Waals surface area contributed by atoms with E-state index < -0.39 is 5.41 Å². The highest BCUT2D eigenvalue weighted by molar-refractivity contribution is 5.92. The molecule has 1 N–H and O–H groups in total. The zero-order chi connectivity index (χ0) is 17.0. The molecule has 1 saturated carbocycles. The van der Waals surface area contributed by atoms with Crippen LogP contribution in [-0.4, -0.2) is 35.0 Å². The molecule has 0 radical (unpaired) electrons. The summed E-state index contributed by atoms with van der Waals surface area (Å²) in [6, 6.07) is 1.59. The molecule has 0 spiro atoms. The largest absolute Gasteiger partial charge is 0.359 e. The predicted octanol–water partition coefficient (Wildman–Crippen LogP) is 2.38. The third-order valence-electron chi connectivity index (χ3n) is 3.66. The SMILES string of the molecule is C=CCN(Cc1cc(C(=O)NCC2CC2)no1)C(=O)C(C)(C)C. The second-order valence-electron chi connectivity index (χ2n) is 7.06. The molecular weight excluding hydrogens is 294 g/mol. The molecule has 6 heteroatoms. The van der Waals surface area contributed by atoms with Crippen molar-refractivity contribution >= 4 is 11.8 Å². The molecule has 1 aliphatic rings. The molecule has 1 aromatic heterocycles. The van der Waals surface area contributed by atoms with Crippen LogP contribution in [-0.2, 0) is 11.3 Å². The topological polar surface area (TPSA) is 75.4 Å². The lowest BCUT2D eigenvalue weighted by Gasteiger charge is -2.27. The van der Waals surface area contributed by atoms with E-state index in [4.69, 9.17) is 4.52 Å². The van der Waals surface area contributed by atoms with Gasteiger partial charge in [-0.1, -0.05) is 32.0 Å². The van der Waals surface area contributed by atoms with E-state index in [0.29, 0.717) is 24.8 Å². The number of hydrogen-bond acceptors (Lipinski definition) is 4. The number of aromatic nitrogens is 1. The number of hydrogen-bond donors (Lipinski definition) is 1. The fraction of sp³-hybridized carbons (Fsp3) is 0.588. The van der Waals surface area contributed by atoms with Crippen LogP contribution in [0, 0.1) is 11.3 Å². The lowest BCUT2D eigenvalue weighted by molar-refractivity contribution is -0.139. The molecule has 23 heavy (non-hydrogen) atoms. The summed E-state index contributed by atoms with van der Waals surface area (Å²) in [4.78, 5) is 26.0. The molecule has 1 aliphatic carbocycles. The summed E-state index contributed by atoms with van der Waals surface area (Å²) in [6.07, 6.45) is 4.02. The van der Waals surface area contributed by atoms with Crippen molar-refractivity contribution in [3.05, 3.63) is 30.2 Å². The summed E-state index contributed by atoms with van der Waals surface area (Å²) in [6.45, 7) is 10.6. The fourth-order valence-electron chi connectivity index (χ4n) is 2.18. The molecule has 1 aromatic rings. The minimum absolute atomic E-state index is 0.00599. The first-order chi connectivity index (χ1) is 10.8. The van der Waals surface area contributed by atoms with Crippen LogP contribution in [0.5, 0.6) is 0 Å². The van der Waals surface area contributed by atoms with Crippen molar-refractivity contribution in [2.75, 3.05) is 13.1 Å². The molecule has 1 heterocycles. The van der Waals surface area contributed by atoms with Gasteiger partial charge in [0.25, 0.3) is 5.91 Å². The molecule has 6 nitrogen and oxygen atoms in total. The molecule has 1 fully saturated rings. The maximum atomic E-state index is 12.4. The van der Waals surface area contributed by atoms with Gasteiger partial charge in [-0.2, -0.15) is 0 Å². The minimum Gasteiger partial charge on any atom is -0.359 e. The molecule has 0 saturated heterocycles. The van der Waals surface area contributed by atoms with E-state index >= 15 is 0 Å². The Labute approximate surface area is 136 Å². The van der Waals surface area contributed by atoms with Crippen molar-refractivity contribution in [2.24, 2.45) is 11.3 Å². The summed E-state index contributed by atoms with van der Waals surface area (Å²) >= 11 is 0. The predicted molar refractivity (Wildman–Crippen MR) is 86.6 cm³/mol. The Balaban J connectivity index is 1.98. The average Bonchev–Trinajstić information content (AvgIpc) is 3.20. The monoisotopic (exact) mass is 319 g/mol. The Morgan fingerprint density at radius 2 is 2.17 bits per heavy atom. The second-order valence-corrected chi connectivity index (χ2v) is 7.06. The van der Waals surface area contributed by atoms with E-state index in [0.717, 1.165) is 0 Å². The van der Waals surface area contributed by atoms with Crippen molar-refractivity contribution in [3.8, 4) is 0 Å². The van der Waals surface area contributed by atoms with Crippen molar-refractivity contribution in [1.29, 1.82) is 0 Å². The van der Waals surface area contributed by atoms with Gasteiger partial charge < -0.3 is 14.7 Å². The van der Waals surface area contributed by atoms with Gasteiger partial charge in [-0.3, -0.25) is 9.59 Å². The van der Waals surface area contributed by atoms with E-state index in [1.807, 2.05) is 20.8 Å². The van der Waals surface area contributed by atoms with Gasteiger partial charge >= 0.3 is 0 Å². The normalized spacial score (nSPS) is 14.4. The van der Waals surface area contributed by atoms with Gasteiger partial charge in [-0.15, -0.1) is 6.58 Å². The van der Waals surface area contributed by atoms with Gasteiger partial charge in [-0.05, 0) is 18.8 Å². The second kappa shape index (κ2) is 6.98. The zero-order valence-electron chi connectivity index (χ0n) is 14.1. The van der Waals surface area contributed by atoms with Gasteiger partial charge in [0, 0.05) is 24.6 Å². The van der Waals surface area contributed by atoms with Crippen LogP contribution in [0.4, 0.5) is 0 Å². The third-order valence-corrected chi connectivity index (χ3v) is 3.66. The maximum absolute atomic E-state index is 12.4. The van der Waals surface area contributed by atoms with E-state index in [1.54, 1.807) is 17.0 Å². The van der Waals surface area contributed by atoms with E-state index in [2.05, 4.69) is 17.1 Å². The summed E-state index contributed by atoms with van der Waals surface area (Å²) in [5.41, 5.74) is -0.240. The quantitative estimate of drug-likeness (QED) is 0.783. The maximum Gasteiger partial charge on any atom is 0.273 e.